The number of amides is 2. The number of halogens is 3. The molecule has 3 rings (SSSR count). The Morgan fingerprint density at radius 2 is 1.91 bits per heavy atom. The van der Waals surface area contributed by atoms with E-state index in [2.05, 4.69) is 10.6 Å². The number of alkyl halides is 3. The first kappa shape index (κ1) is 24.4. The van der Waals surface area contributed by atoms with Crippen molar-refractivity contribution in [3.8, 4) is 11.5 Å². The Balaban J connectivity index is 1.39. The van der Waals surface area contributed by atoms with Crippen LogP contribution < -0.4 is 20.1 Å². The Kier molecular flexibility index (Phi) is 8.16. The molecular formula is C23H26F3N3O4. The first-order valence-corrected chi connectivity index (χ1v) is 10.6. The second-order valence-electron chi connectivity index (χ2n) is 7.44. The molecule has 7 nitrogen and oxygen atoms in total. The predicted octanol–water partition coefficient (Wildman–Crippen LogP) is 3.12. The Hall–Kier alpha value is -3.27. The lowest BCUT2D eigenvalue weighted by Gasteiger charge is -2.32. The Bertz CT molecular complexity index is 951. The first-order chi connectivity index (χ1) is 15.8. The lowest BCUT2D eigenvalue weighted by Crippen LogP contribution is -2.50. The van der Waals surface area contributed by atoms with Crippen LogP contribution in [0.5, 0.6) is 11.5 Å². The van der Waals surface area contributed by atoms with Gasteiger partial charge in [0.1, 0.15) is 24.7 Å². The SMILES string of the molecule is CCOc1ccc(C2CC(=O)N(CC(=O)NCCOc3cccc(C(F)(F)F)c3)CN2)cc1. The maximum Gasteiger partial charge on any atom is 0.416 e. The molecule has 0 bridgehead atoms. The summed E-state index contributed by atoms with van der Waals surface area (Å²) >= 11 is 0. The number of hydrogen-bond donors (Lipinski definition) is 2. The lowest BCUT2D eigenvalue weighted by molar-refractivity contribution is -0.139. The first-order valence-electron chi connectivity index (χ1n) is 10.6. The van der Waals surface area contributed by atoms with Crippen LogP contribution in [-0.4, -0.2) is 49.7 Å². The van der Waals surface area contributed by atoms with E-state index in [0.29, 0.717) is 6.61 Å². The third-order valence-electron chi connectivity index (χ3n) is 5.04. The number of nitrogens with zero attached hydrogens (tertiary/aromatic N) is 1. The number of carbonyl (C=O) groups excluding carboxylic acids is 2. The molecule has 2 aromatic carbocycles. The van der Waals surface area contributed by atoms with Crippen LogP contribution in [0.25, 0.3) is 0 Å². The molecule has 0 spiro atoms. The normalized spacial score (nSPS) is 16.4. The smallest absolute Gasteiger partial charge is 0.416 e. The van der Waals surface area contributed by atoms with E-state index in [-0.39, 0.29) is 56.4 Å². The molecule has 0 aliphatic carbocycles. The van der Waals surface area contributed by atoms with Gasteiger partial charge in [-0.15, -0.1) is 0 Å². The number of benzene rings is 2. The fraction of sp³-hybridized carbons (Fsp3) is 0.391. The molecule has 10 heteroatoms. The van der Waals surface area contributed by atoms with Gasteiger partial charge in [-0.1, -0.05) is 18.2 Å². The molecule has 1 unspecified atom stereocenters. The van der Waals surface area contributed by atoms with E-state index < -0.39 is 11.7 Å². The van der Waals surface area contributed by atoms with Crippen LogP contribution in [0.2, 0.25) is 0 Å². The van der Waals surface area contributed by atoms with Crippen molar-refractivity contribution in [3.05, 3.63) is 59.7 Å². The average molecular weight is 465 g/mol. The quantitative estimate of drug-likeness (QED) is 0.557. The summed E-state index contributed by atoms with van der Waals surface area (Å²) in [5.41, 5.74) is 0.159. The zero-order valence-electron chi connectivity index (χ0n) is 18.2. The molecule has 178 valence electrons. The van der Waals surface area contributed by atoms with Crippen molar-refractivity contribution in [3.63, 3.8) is 0 Å². The molecule has 0 saturated carbocycles. The zero-order chi connectivity index (χ0) is 23.8. The van der Waals surface area contributed by atoms with Crippen LogP contribution in [0.3, 0.4) is 0 Å². The number of carbonyl (C=O) groups is 2. The number of hydrogen-bond acceptors (Lipinski definition) is 5. The molecule has 33 heavy (non-hydrogen) atoms. The molecule has 0 aromatic heterocycles. The van der Waals surface area contributed by atoms with Crippen LogP contribution in [0, 0.1) is 0 Å². The van der Waals surface area contributed by atoms with Crippen molar-refractivity contribution in [1.82, 2.24) is 15.5 Å². The van der Waals surface area contributed by atoms with Crippen LogP contribution >= 0.6 is 0 Å². The molecule has 1 aliphatic rings. The van der Waals surface area contributed by atoms with Gasteiger partial charge in [0.05, 0.1) is 25.4 Å². The summed E-state index contributed by atoms with van der Waals surface area (Å²) in [6.07, 6.45) is -4.23. The number of rotatable bonds is 9. The van der Waals surface area contributed by atoms with Gasteiger partial charge in [0.25, 0.3) is 0 Å². The van der Waals surface area contributed by atoms with Crippen molar-refractivity contribution in [2.45, 2.75) is 25.6 Å². The summed E-state index contributed by atoms with van der Waals surface area (Å²) < 4.78 is 48.9. The van der Waals surface area contributed by atoms with Gasteiger partial charge in [0.15, 0.2) is 0 Å². The summed E-state index contributed by atoms with van der Waals surface area (Å²) in [5, 5.41) is 5.85. The fourth-order valence-corrected chi connectivity index (χ4v) is 3.38. The number of ether oxygens (including phenoxy) is 2. The lowest BCUT2D eigenvalue weighted by atomic mass is 10.0. The zero-order valence-corrected chi connectivity index (χ0v) is 18.2. The van der Waals surface area contributed by atoms with Crippen molar-refractivity contribution < 1.29 is 32.2 Å². The van der Waals surface area contributed by atoms with E-state index in [1.54, 1.807) is 0 Å². The van der Waals surface area contributed by atoms with Crippen molar-refractivity contribution in [2.75, 3.05) is 33.0 Å². The molecule has 1 fully saturated rings. The third-order valence-corrected chi connectivity index (χ3v) is 5.04. The van der Waals surface area contributed by atoms with Gasteiger partial charge in [0, 0.05) is 12.5 Å². The van der Waals surface area contributed by atoms with Gasteiger partial charge in [0.2, 0.25) is 11.8 Å². The minimum atomic E-state index is -4.45. The molecule has 0 radical (unpaired) electrons. The van der Waals surface area contributed by atoms with Gasteiger partial charge in [-0.05, 0) is 42.8 Å². The minimum Gasteiger partial charge on any atom is -0.494 e. The Labute approximate surface area is 189 Å². The van der Waals surface area contributed by atoms with E-state index in [9.17, 15) is 22.8 Å². The van der Waals surface area contributed by atoms with Crippen LogP contribution in [-0.2, 0) is 15.8 Å². The molecule has 1 heterocycles. The monoisotopic (exact) mass is 465 g/mol. The van der Waals surface area contributed by atoms with E-state index in [4.69, 9.17) is 9.47 Å². The highest BCUT2D eigenvalue weighted by Crippen LogP contribution is 2.31. The molecule has 2 aromatic rings. The van der Waals surface area contributed by atoms with Gasteiger partial charge >= 0.3 is 6.18 Å². The highest BCUT2D eigenvalue weighted by molar-refractivity contribution is 5.85. The fourth-order valence-electron chi connectivity index (χ4n) is 3.38. The van der Waals surface area contributed by atoms with Crippen LogP contribution in [0.1, 0.15) is 30.5 Å². The minimum absolute atomic E-state index is 0.000931. The molecule has 1 atom stereocenters. The van der Waals surface area contributed by atoms with Crippen LogP contribution in [0.4, 0.5) is 13.2 Å². The average Bonchev–Trinajstić information content (AvgIpc) is 2.78. The molecule has 1 saturated heterocycles. The van der Waals surface area contributed by atoms with Crippen molar-refractivity contribution in [2.24, 2.45) is 0 Å². The van der Waals surface area contributed by atoms with Crippen LogP contribution in [0.15, 0.2) is 48.5 Å². The maximum absolute atomic E-state index is 12.7. The molecule has 2 N–H and O–H groups in total. The summed E-state index contributed by atoms with van der Waals surface area (Å²) in [6.45, 7) is 2.69. The van der Waals surface area contributed by atoms with Gasteiger partial charge < -0.3 is 19.7 Å². The van der Waals surface area contributed by atoms with E-state index in [1.165, 1.54) is 17.0 Å². The topological polar surface area (TPSA) is 79.9 Å². The van der Waals surface area contributed by atoms with Gasteiger partial charge in [-0.3, -0.25) is 14.9 Å². The van der Waals surface area contributed by atoms with Crippen molar-refractivity contribution in [1.29, 1.82) is 0 Å². The van der Waals surface area contributed by atoms with E-state index in [1.807, 2.05) is 31.2 Å². The van der Waals surface area contributed by atoms with Gasteiger partial charge in [-0.2, -0.15) is 13.2 Å². The largest absolute Gasteiger partial charge is 0.494 e. The maximum atomic E-state index is 12.7. The predicted molar refractivity (Wildman–Crippen MR) is 115 cm³/mol. The summed E-state index contributed by atoms with van der Waals surface area (Å²) in [5.74, 6) is 0.300. The van der Waals surface area contributed by atoms with E-state index >= 15 is 0 Å². The summed E-state index contributed by atoms with van der Waals surface area (Å²) in [7, 11) is 0. The highest BCUT2D eigenvalue weighted by Gasteiger charge is 2.30. The Morgan fingerprint density at radius 1 is 1.15 bits per heavy atom. The Morgan fingerprint density at radius 3 is 2.58 bits per heavy atom. The van der Waals surface area contributed by atoms with E-state index in [0.717, 1.165) is 23.4 Å². The third kappa shape index (κ3) is 7.11. The molecular weight excluding hydrogens is 439 g/mol. The summed E-state index contributed by atoms with van der Waals surface area (Å²) in [6, 6.07) is 11.9. The summed E-state index contributed by atoms with van der Waals surface area (Å²) in [4.78, 5) is 26.0. The highest BCUT2D eigenvalue weighted by atomic mass is 19.4. The molecule has 2 amide bonds. The van der Waals surface area contributed by atoms with Gasteiger partial charge in [-0.25, -0.2) is 0 Å². The second kappa shape index (κ2) is 11.0. The standard InChI is InChI=1S/C23H26F3N3O4/c1-2-32-18-8-6-16(7-9-18)20-13-22(31)29(15-28-20)14-21(30)27-10-11-33-19-5-3-4-17(12-19)23(24,25)26/h3-9,12,20,28H,2,10-11,13-15H2,1H3,(H,27,30). The van der Waals surface area contributed by atoms with Crippen molar-refractivity contribution >= 4 is 11.8 Å². The number of nitrogens with one attached hydrogen (secondary N) is 2. The second-order valence-corrected chi connectivity index (χ2v) is 7.44. The molecule has 1 aliphatic heterocycles.